The SMILES string of the molecule is COc1ccc(Br)c([C@@H](CCC(F)(F)F)N2CCNCC2)c1.Cl.Cl. The van der Waals surface area contributed by atoms with Crippen molar-refractivity contribution in [3.8, 4) is 5.75 Å². The van der Waals surface area contributed by atoms with Crippen LogP contribution >= 0.6 is 40.7 Å². The van der Waals surface area contributed by atoms with Gasteiger partial charge in [-0.15, -0.1) is 24.8 Å². The van der Waals surface area contributed by atoms with Gasteiger partial charge in [-0.25, -0.2) is 0 Å². The average Bonchev–Trinajstić information content (AvgIpc) is 2.49. The van der Waals surface area contributed by atoms with Gasteiger partial charge in [0.05, 0.1) is 7.11 Å². The zero-order valence-electron chi connectivity index (χ0n) is 13.2. The zero-order valence-corrected chi connectivity index (χ0v) is 16.5. The van der Waals surface area contributed by atoms with Crippen molar-refractivity contribution in [3.63, 3.8) is 0 Å². The molecule has 0 aromatic heterocycles. The molecule has 0 amide bonds. The first-order chi connectivity index (χ1) is 10.4. The third-order valence-electron chi connectivity index (χ3n) is 3.86. The summed E-state index contributed by atoms with van der Waals surface area (Å²) in [6.07, 6.45) is -4.88. The van der Waals surface area contributed by atoms with Crippen molar-refractivity contribution in [1.82, 2.24) is 10.2 Å². The van der Waals surface area contributed by atoms with Crippen molar-refractivity contribution in [2.45, 2.75) is 25.1 Å². The fourth-order valence-corrected chi connectivity index (χ4v) is 3.24. The second kappa shape index (κ2) is 10.7. The number of nitrogens with one attached hydrogen (secondary N) is 1. The molecule has 0 bridgehead atoms. The van der Waals surface area contributed by atoms with E-state index in [1.54, 1.807) is 13.2 Å². The molecule has 140 valence electrons. The number of alkyl halides is 3. The predicted octanol–water partition coefficient (Wildman–Crippen LogP) is 4.59. The molecule has 0 unspecified atom stereocenters. The monoisotopic (exact) mass is 452 g/mol. The maximum absolute atomic E-state index is 12.7. The number of benzene rings is 1. The molecule has 1 aliphatic rings. The summed E-state index contributed by atoms with van der Waals surface area (Å²) in [6.45, 7) is 3.08. The fraction of sp³-hybridized carbons (Fsp3) is 0.600. The Morgan fingerprint density at radius 1 is 1.25 bits per heavy atom. The van der Waals surface area contributed by atoms with E-state index >= 15 is 0 Å². The lowest BCUT2D eigenvalue weighted by molar-refractivity contribution is -0.138. The first kappa shape index (κ1) is 23.8. The van der Waals surface area contributed by atoms with Crippen LogP contribution in [0.15, 0.2) is 22.7 Å². The number of ether oxygens (including phenoxy) is 1. The Hall–Kier alpha value is -0.210. The minimum atomic E-state index is -4.14. The summed E-state index contributed by atoms with van der Waals surface area (Å²) in [4.78, 5) is 2.11. The van der Waals surface area contributed by atoms with E-state index in [0.717, 1.165) is 36.2 Å². The predicted molar refractivity (Wildman–Crippen MR) is 97.7 cm³/mol. The van der Waals surface area contributed by atoms with Crippen LogP contribution in [0.1, 0.15) is 24.4 Å². The molecule has 1 atom stereocenters. The number of hydrogen-bond acceptors (Lipinski definition) is 3. The second-order valence-electron chi connectivity index (χ2n) is 5.34. The van der Waals surface area contributed by atoms with E-state index in [-0.39, 0.29) is 37.3 Å². The van der Waals surface area contributed by atoms with Gasteiger partial charge in [0.25, 0.3) is 0 Å². The van der Waals surface area contributed by atoms with Gasteiger partial charge in [0.2, 0.25) is 0 Å². The smallest absolute Gasteiger partial charge is 0.389 e. The molecule has 3 nitrogen and oxygen atoms in total. The van der Waals surface area contributed by atoms with Crippen molar-refractivity contribution in [1.29, 1.82) is 0 Å². The van der Waals surface area contributed by atoms with E-state index in [1.807, 2.05) is 12.1 Å². The third kappa shape index (κ3) is 6.96. The molecule has 1 N–H and O–H groups in total. The maximum atomic E-state index is 12.7. The van der Waals surface area contributed by atoms with Crippen molar-refractivity contribution >= 4 is 40.7 Å². The van der Waals surface area contributed by atoms with Gasteiger partial charge in [-0.1, -0.05) is 15.9 Å². The molecule has 1 aliphatic heterocycles. The number of methoxy groups -OCH3 is 1. The summed E-state index contributed by atoms with van der Waals surface area (Å²) in [5.41, 5.74) is 0.852. The molecule has 1 heterocycles. The lowest BCUT2D eigenvalue weighted by atomic mass is 9.99. The maximum Gasteiger partial charge on any atom is 0.389 e. The zero-order chi connectivity index (χ0) is 16.2. The van der Waals surface area contributed by atoms with E-state index in [2.05, 4.69) is 26.1 Å². The molecular weight excluding hydrogens is 432 g/mol. The Bertz CT molecular complexity index is 500. The van der Waals surface area contributed by atoms with E-state index in [4.69, 9.17) is 4.74 Å². The van der Waals surface area contributed by atoms with Crippen molar-refractivity contribution < 1.29 is 17.9 Å². The summed E-state index contributed by atoms with van der Waals surface area (Å²) >= 11 is 3.47. The quantitative estimate of drug-likeness (QED) is 0.705. The van der Waals surface area contributed by atoms with Gasteiger partial charge in [0, 0.05) is 43.1 Å². The molecule has 0 saturated carbocycles. The number of nitrogens with zero attached hydrogens (tertiary/aromatic N) is 1. The Morgan fingerprint density at radius 3 is 2.42 bits per heavy atom. The van der Waals surface area contributed by atoms with Crippen LogP contribution < -0.4 is 10.1 Å². The largest absolute Gasteiger partial charge is 0.497 e. The highest BCUT2D eigenvalue weighted by atomic mass is 79.9. The first-order valence-corrected chi connectivity index (χ1v) is 8.05. The van der Waals surface area contributed by atoms with Crippen LogP contribution in [0.25, 0.3) is 0 Å². The van der Waals surface area contributed by atoms with Crippen LogP contribution in [0.2, 0.25) is 0 Å². The molecule has 0 radical (unpaired) electrons. The third-order valence-corrected chi connectivity index (χ3v) is 4.58. The highest BCUT2D eigenvalue weighted by molar-refractivity contribution is 9.10. The molecule has 2 rings (SSSR count). The van der Waals surface area contributed by atoms with Gasteiger partial charge in [0.15, 0.2) is 0 Å². The molecule has 0 aliphatic carbocycles. The Morgan fingerprint density at radius 2 is 1.88 bits per heavy atom. The van der Waals surface area contributed by atoms with Crippen LogP contribution in [0.5, 0.6) is 5.75 Å². The van der Waals surface area contributed by atoms with Gasteiger partial charge in [-0.05, 0) is 30.2 Å². The van der Waals surface area contributed by atoms with Crippen molar-refractivity contribution in [2.24, 2.45) is 0 Å². The summed E-state index contributed by atoms with van der Waals surface area (Å²) in [7, 11) is 1.56. The lowest BCUT2D eigenvalue weighted by Crippen LogP contribution is -2.45. The normalized spacial score (nSPS) is 16.7. The Balaban J connectivity index is 0.00000264. The number of rotatable bonds is 5. The van der Waals surface area contributed by atoms with Crippen molar-refractivity contribution in [3.05, 3.63) is 28.2 Å². The molecule has 24 heavy (non-hydrogen) atoms. The minimum Gasteiger partial charge on any atom is -0.497 e. The summed E-state index contributed by atoms with van der Waals surface area (Å²) in [5.74, 6) is 0.658. The molecular formula is C15H22BrCl2F3N2O. The van der Waals surface area contributed by atoms with Crippen LogP contribution in [-0.4, -0.2) is 44.4 Å². The second-order valence-corrected chi connectivity index (χ2v) is 6.20. The van der Waals surface area contributed by atoms with Crippen LogP contribution in [-0.2, 0) is 0 Å². The highest BCUT2D eigenvalue weighted by Crippen LogP contribution is 2.36. The van der Waals surface area contributed by atoms with Gasteiger partial charge in [-0.3, -0.25) is 4.90 Å². The lowest BCUT2D eigenvalue weighted by Gasteiger charge is -2.36. The average molecular weight is 454 g/mol. The van der Waals surface area contributed by atoms with E-state index in [0.29, 0.717) is 5.75 Å². The van der Waals surface area contributed by atoms with Crippen LogP contribution in [0.3, 0.4) is 0 Å². The van der Waals surface area contributed by atoms with Gasteiger partial charge in [0.1, 0.15) is 5.75 Å². The standard InChI is InChI=1S/C15H20BrF3N2O.2ClH/c1-22-11-2-3-13(16)12(10-11)14(4-5-15(17,18)19)21-8-6-20-7-9-21;;/h2-3,10,14,20H,4-9H2,1H3;2*1H/t14-;;/m1../s1. The Kier molecular flexibility index (Phi) is 10.6. The molecule has 1 saturated heterocycles. The molecule has 1 aromatic carbocycles. The van der Waals surface area contributed by atoms with E-state index in [1.165, 1.54) is 0 Å². The van der Waals surface area contributed by atoms with E-state index in [9.17, 15) is 13.2 Å². The topological polar surface area (TPSA) is 24.5 Å². The van der Waals surface area contributed by atoms with Crippen LogP contribution in [0, 0.1) is 0 Å². The molecule has 1 aromatic rings. The summed E-state index contributed by atoms with van der Waals surface area (Å²) < 4.78 is 44.1. The van der Waals surface area contributed by atoms with Crippen molar-refractivity contribution in [2.75, 3.05) is 33.3 Å². The molecule has 0 spiro atoms. The van der Waals surface area contributed by atoms with Gasteiger partial charge < -0.3 is 10.1 Å². The first-order valence-electron chi connectivity index (χ1n) is 7.25. The summed E-state index contributed by atoms with van der Waals surface area (Å²) in [5, 5.41) is 3.23. The Labute approximate surface area is 161 Å². The van der Waals surface area contributed by atoms with Gasteiger partial charge in [-0.2, -0.15) is 13.2 Å². The number of hydrogen-bond donors (Lipinski definition) is 1. The number of piperazine rings is 1. The number of halogens is 6. The molecule has 1 fully saturated rings. The summed E-state index contributed by atoms with van der Waals surface area (Å²) in [6, 6.07) is 5.18. The van der Waals surface area contributed by atoms with Crippen LogP contribution in [0.4, 0.5) is 13.2 Å². The fourth-order valence-electron chi connectivity index (χ4n) is 2.73. The minimum absolute atomic E-state index is 0. The van der Waals surface area contributed by atoms with Gasteiger partial charge >= 0.3 is 6.18 Å². The molecule has 9 heteroatoms. The van der Waals surface area contributed by atoms with E-state index < -0.39 is 12.6 Å². The highest BCUT2D eigenvalue weighted by Gasteiger charge is 2.32.